The van der Waals surface area contributed by atoms with Crippen molar-refractivity contribution in [2.24, 2.45) is 5.92 Å². The summed E-state index contributed by atoms with van der Waals surface area (Å²) in [7, 11) is 1.60. The van der Waals surface area contributed by atoms with Crippen molar-refractivity contribution < 1.29 is 14.0 Å². The molecule has 120 valence electrons. The van der Waals surface area contributed by atoms with Crippen LogP contribution in [0.25, 0.3) is 0 Å². The van der Waals surface area contributed by atoms with Crippen LogP contribution in [0, 0.1) is 11.7 Å². The van der Waals surface area contributed by atoms with Gasteiger partial charge in [-0.3, -0.25) is 14.7 Å². The molecule has 1 aliphatic heterocycles. The van der Waals surface area contributed by atoms with Gasteiger partial charge in [-0.1, -0.05) is 17.7 Å². The fraction of sp³-hybridized carbons (Fsp3) is 0.267. The zero-order chi connectivity index (χ0) is 16.6. The minimum Gasteiger partial charge on any atom is -0.338 e. The summed E-state index contributed by atoms with van der Waals surface area (Å²) in [4.78, 5) is 26.0. The summed E-state index contributed by atoms with van der Waals surface area (Å²) < 4.78 is 13.7. The second-order valence-electron chi connectivity index (χ2n) is 5.41. The van der Waals surface area contributed by atoms with Gasteiger partial charge in [0, 0.05) is 19.7 Å². The summed E-state index contributed by atoms with van der Waals surface area (Å²) in [6.07, 6.45) is 3.07. The number of halogens is 2. The van der Waals surface area contributed by atoms with E-state index in [1.54, 1.807) is 13.1 Å². The highest BCUT2D eigenvalue weighted by Gasteiger charge is 2.42. The average Bonchev–Trinajstić information content (AvgIpc) is 3.11. The maximum absolute atomic E-state index is 13.7. The Labute approximate surface area is 136 Å². The Kier molecular flexibility index (Phi) is 4.04. The second kappa shape index (κ2) is 6.00. The summed E-state index contributed by atoms with van der Waals surface area (Å²) in [5.41, 5.74) is 1.05. The highest BCUT2D eigenvalue weighted by Crippen LogP contribution is 2.38. The van der Waals surface area contributed by atoms with E-state index in [1.165, 1.54) is 29.4 Å². The summed E-state index contributed by atoms with van der Waals surface area (Å²) in [6.45, 7) is 0. The van der Waals surface area contributed by atoms with Crippen molar-refractivity contribution in [2.45, 2.75) is 12.5 Å². The first-order valence-electron chi connectivity index (χ1n) is 6.97. The fourth-order valence-electron chi connectivity index (χ4n) is 2.81. The molecule has 0 saturated carbocycles. The van der Waals surface area contributed by atoms with Crippen LogP contribution in [0.3, 0.4) is 0 Å². The number of benzene rings is 1. The molecule has 1 aromatic heterocycles. The number of amides is 2. The molecule has 2 atom stereocenters. The molecule has 1 saturated heterocycles. The molecule has 2 N–H and O–H groups in total. The van der Waals surface area contributed by atoms with Gasteiger partial charge in [-0.05, 0) is 17.7 Å². The lowest BCUT2D eigenvalue weighted by Crippen LogP contribution is -2.30. The number of likely N-dealkylation sites (tertiary alicyclic amines) is 1. The molecule has 3 rings (SSSR count). The zero-order valence-corrected chi connectivity index (χ0v) is 13.0. The first-order valence-corrected chi connectivity index (χ1v) is 7.35. The smallest absolute Gasteiger partial charge is 0.230 e. The molecule has 8 heteroatoms. The quantitative estimate of drug-likeness (QED) is 0.903. The van der Waals surface area contributed by atoms with E-state index in [0.29, 0.717) is 11.3 Å². The minimum absolute atomic E-state index is 0.000116. The van der Waals surface area contributed by atoms with Gasteiger partial charge >= 0.3 is 0 Å². The Morgan fingerprint density at radius 2 is 2.30 bits per heavy atom. The van der Waals surface area contributed by atoms with E-state index < -0.39 is 17.8 Å². The predicted molar refractivity (Wildman–Crippen MR) is 82.2 cm³/mol. The van der Waals surface area contributed by atoms with Crippen molar-refractivity contribution in [1.82, 2.24) is 15.1 Å². The number of aromatic nitrogens is 2. The van der Waals surface area contributed by atoms with Crippen LogP contribution in [-0.4, -0.2) is 34.0 Å². The molecule has 0 spiro atoms. The van der Waals surface area contributed by atoms with Crippen LogP contribution in [0.2, 0.25) is 5.02 Å². The molecule has 1 aliphatic rings. The SMILES string of the molecule is CN1C(=O)C[C@H](C(=O)Nc2cn[nH]c2)[C@H]1c1ccc(Cl)c(F)c1. The van der Waals surface area contributed by atoms with Gasteiger partial charge in [-0.15, -0.1) is 0 Å². The fourth-order valence-corrected chi connectivity index (χ4v) is 2.93. The first kappa shape index (κ1) is 15.5. The van der Waals surface area contributed by atoms with E-state index in [2.05, 4.69) is 15.5 Å². The molecule has 0 unspecified atom stereocenters. The molecule has 1 fully saturated rings. The Morgan fingerprint density at radius 1 is 1.52 bits per heavy atom. The van der Waals surface area contributed by atoms with Gasteiger partial charge in [0.15, 0.2) is 0 Å². The number of hydrogen-bond donors (Lipinski definition) is 2. The summed E-state index contributed by atoms with van der Waals surface area (Å²) in [5.74, 6) is -1.68. The molecule has 0 radical (unpaired) electrons. The van der Waals surface area contributed by atoms with E-state index in [0.717, 1.165) is 0 Å². The van der Waals surface area contributed by atoms with E-state index >= 15 is 0 Å². The Balaban J connectivity index is 1.89. The molecule has 23 heavy (non-hydrogen) atoms. The molecule has 0 bridgehead atoms. The number of hydrogen-bond acceptors (Lipinski definition) is 3. The summed E-state index contributed by atoms with van der Waals surface area (Å²) >= 11 is 5.70. The van der Waals surface area contributed by atoms with Crippen molar-refractivity contribution in [2.75, 3.05) is 12.4 Å². The van der Waals surface area contributed by atoms with E-state index in [1.807, 2.05) is 0 Å². The summed E-state index contributed by atoms with van der Waals surface area (Å²) in [5, 5.41) is 9.04. The highest BCUT2D eigenvalue weighted by atomic mass is 35.5. The standard InChI is InChI=1S/C15H14ClFN4O2/c1-21-13(22)5-10(15(23)20-9-6-18-19-7-9)14(21)8-2-3-11(16)12(17)4-8/h2-4,6-7,10,14H,5H2,1H3,(H,18,19)(H,20,23)/t10-,14+/m0/s1. The number of carbonyl (C=O) groups excluding carboxylic acids is 2. The van der Waals surface area contributed by atoms with Crippen LogP contribution in [0.4, 0.5) is 10.1 Å². The minimum atomic E-state index is -0.622. The lowest BCUT2D eigenvalue weighted by atomic mass is 9.93. The van der Waals surface area contributed by atoms with Crippen LogP contribution in [-0.2, 0) is 9.59 Å². The van der Waals surface area contributed by atoms with Crippen LogP contribution < -0.4 is 5.32 Å². The van der Waals surface area contributed by atoms with Crippen molar-refractivity contribution in [3.8, 4) is 0 Å². The number of anilines is 1. The molecule has 2 heterocycles. The molecule has 2 amide bonds. The molecule has 1 aromatic carbocycles. The van der Waals surface area contributed by atoms with E-state index in [9.17, 15) is 14.0 Å². The lowest BCUT2D eigenvalue weighted by Gasteiger charge is -2.25. The third-order valence-electron chi connectivity index (χ3n) is 3.97. The van der Waals surface area contributed by atoms with Crippen LogP contribution in [0.5, 0.6) is 0 Å². The van der Waals surface area contributed by atoms with Gasteiger partial charge in [0.2, 0.25) is 11.8 Å². The molecule has 6 nitrogen and oxygen atoms in total. The van der Waals surface area contributed by atoms with Gasteiger partial charge in [-0.2, -0.15) is 5.10 Å². The third kappa shape index (κ3) is 2.92. The van der Waals surface area contributed by atoms with Crippen molar-refractivity contribution in [3.63, 3.8) is 0 Å². The third-order valence-corrected chi connectivity index (χ3v) is 4.28. The van der Waals surface area contributed by atoms with E-state index in [-0.39, 0.29) is 23.3 Å². The maximum atomic E-state index is 13.7. The average molecular weight is 337 g/mol. The lowest BCUT2D eigenvalue weighted by molar-refractivity contribution is -0.127. The van der Waals surface area contributed by atoms with Gasteiger partial charge in [-0.25, -0.2) is 4.39 Å². The van der Waals surface area contributed by atoms with Gasteiger partial charge in [0.1, 0.15) is 5.82 Å². The van der Waals surface area contributed by atoms with Gasteiger partial charge < -0.3 is 10.2 Å². The van der Waals surface area contributed by atoms with Crippen LogP contribution in [0.15, 0.2) is 30.6 Å². The predicted octanol–water partition coefficient (Wildman–Crippen LogP) is 2.36. The highest BCUT2D eigenvalue weighted by molar-refractivity contribution is 6.30. The Bertz CT molecular complexity index is 750. The Morgan fingerprint density at radius 3 is 2.96 bits per heavy atom. The second-order valence-corrected chi connectivity index (χ2v) is 5.82. The maximum Gasteiger partial charge on any atom is 0.230 e. The van der Waals surface area contributed by atoms with Crippen molar-refractivity contribution in [1.29, 1.82) is 0 Å². The molecular formula is C15H14ClFN4O2. The first-order chi connectivity index (χ1) is 11.0. The normalized spacial score (nSPS) is 20.8. The number of rotatable bonds is 3. The van der Waals surface area contributed by atoms with Crippen LogP contribution >= 0.6 is 11.6 Å². The summed E-state index contributed by atoms with van der Waals surface area (Å²) in [6, 6.07) is 3.78. The van der Waals surface area contributed by atoms with Crippen LogP contribution in [0.1, 0.15) is 18.0 Å². The number of nitrogens with zero attached hydrogens (tertiary/aromatic N) is 2. The number of nitrogens with one attached hydrogen (secondary N) is 2. The van der Waals surface area contributed by atoms with Gasteiger partial charge in [0.25, 0.3) is 0 Å². The number of carbonyl (C=O) groups is 2. The van der Waals surface area contributed by atoms with Crippen molar-refractivity contribution >= 4 is 29.1 Å². The number of H-pyrrole nitrogens is 1. The molecular weight excluding hydrogens is 323 g/mol. The largest absolute Gasteiger partial charge is 0.338 e. The zero-order valence-electron chi connectivity index (χ0n) is 12.2. The van der Waals surface area contributed by atoms with Crippen molar-refractivity contribution in [3.05, 3.63) is 47.0 Å². The molecule has 0 aliphatic carbocycles. The number of aromatic amines is 1. The monoisotopic (exact) mass is 336 g/mol. The van der Waals surface area contributed by atoms with E-state index in [4.69, 9.17) is 11.6 Å². The molecule has 2 aromatic rings. The Hall–Kier alpha value is -2.41. The van der Waals surface area contributed by atoms with Gasteiger partial charge in [0.05, 0.1) is 28.9 Å². The topological polar surface area (TPSA) is 78.1 Å².